The molecule has 2 amide bonds. The molecule has 1 unspecified atom stereocenters. The molecule has 1 aliphatic carbocycles. The summed E-state index contributed by atoms with van der Waals surface area (Å²) in [7, 11) is 1.70. The highest BCUT2D eigenvalue weighted by Crippen LogP contribution is 2.35. The molecule has 0 radical (unpaired) electrons. The van der Waals surface area contributed by atoms with Crippen LogP contribution in [0.25, 0.3) is 0 Å². The number of nitrogens with two attached hydrogens (primary N) is 1. The van der Waals surface area contributed by atoms with Crippen LogP contribution in [0.3, 0.4) is 0 Å². The van der Waals surface area contributed by atoms with E-state index in [1.807, 2.05) is 30.3 Å². The smallest absolute Gasteiger partial charge is 0.249 e. The summed E-state index contributed by atoms with van der Waals surface area (Å²) in [4.78, 5) is 28.4. The molecule has 1 saturated carbocycles. The lowest BCUT2D eigenvalue weighted by Crippen LogP contribution is -2.56. The number of anilines is 1. The molecule has 1 saturated heterocycles. The lowest BCUT2D eigenvalue weighted by atomic mass is 10.0. The normalized spacial score (nSPS) is 22.7. The van der Waals surface area contributed by atoms with Crippen LogP contribution >= 0.6 is 12.4 Å². The molecule has 1 aromatic carbocycles. The van der Waals surface area contributed by atoms with Gasteiger partial charge >= 0.3 is 0 Å². The Morgan fingerprint density at radius 3 is 2.55 bits per heavy atom. The fraction of sp³-hybridized carbons (Fsp3) is 0.500. The van der Waals surface area contributed by atoms with Gasteiger partial charge in [-0.05, 0) is 37.8 Å². The molecule has 0 bridgehead atoms. The van der Waals surface area contributed by atoms with E-state index in [0.717, 1.165) is 24.9 Å². The van der Waals surface area contributed by atoms with Gasteiger partial charge in [-0.2, -0.15) is 0 Å². The third kappa shape index (κ3) is 2.96. The predicted octanol–water partition coefficient (Wildman–Crippen LogP) is 1.55. The van der Waals surface area contributed by atoms with E-state index in [0.29, 0.717) is 13.0 Å². The lowest BCUT2D eigenvalue weighted by molar-refractivity contribution is -0.140. The second-order valence-corrected chi connectivity index (χ2v) is 6.06. The van der Waals surface area contributed by atoms with E-state index in [1.165, 1.54) is 0 Å². The summed E-state index contributed by atoms with van der Waals surface area (Å²) in [5.41, 5.74) is 6.15. The Bertz CT molecular complexity index is 560. The fourth-order valence-electron chi connectivity index (χ4n) is 2.92. The molecule has 1 heterocycles. The molecule has 2 aliphatic rings. The Morgan fingerprint density at radius 1 is 1.32 bits per heavy atom. The van der Waals surface area contributed by atoms with Crippen LogP contribution in [0, 0.1) is 0 Å². The zero-order valence-electron chi connectivity index (χ0n) is 12.7. The molecule has 5 nitrogen and oxygen atoms in total. The van der Waals surface area contributed by atoms with E-state index in [4.69, 9.17) is 5.73 Å². The molecule has 0 aromatic heterocycles. The van der Waals surface area contributed by atoms with Crippen molar-refractivity contribution >= 4 is 29.9 Å². The van der Waals surface area contributed by atoms with Crippen LogP contribution in [-0.4, -0.2) is 41.9 Å². The van der Waals surface area contributed by atoms with Gasteiger partial charge < -0.3 is 15.5 Å². The summed E-state index contributed by atoms with van der Waals surface area (Å²) in [6, 6.07) is 9.21. The van der Waals surface area contributed by atoms with Gasteiger partial charge in [0.05, 0.1) is 5.54 Å². The van der Waals surface area contributed by atoms with Crippen LogP contribution in [0.5, 0.6) is 0 Å². The Labute approximate surface area is 136 Å². The number of halogens is 1. The SMILES string of the molecule is CN(C(=O)C1(N)CC1)C1CCCN(c2ccccc2)C1=O.Cl. The highest BCUT2D eigenvalue weighted by Gasteiger charge is 2.49. The van der Waals surface area contributed by atoms with E-state index in [9.17, 15) is 9.59 Å². The summed E-state index contributed by atoms with van der Waals surface area (Å²) in [6.45, 7) is 0.704. The summed E-state index contributed by atoms with van der Waals surface area (Å²) in [6.07, 6.45) is 3.04. The van der Waals surface area contributed by atoms with Gasteiger partial charge in [-0.1, -0.05) is 18.2 Å². The van der Waals surface area contributed by atoms with Crippen LogP contribution in [0.2, 0.25) is 0 Å². The number of carbonyl (C=O) groups is 2. The summed E-state index contributed by atoms with van der Waals surface area (Å²) >= 11 is 0. The number of likely N-dealkylation sites (N-methyl/N-ethyl adjacent to an activating group) is 1. The number of hydrogen-bond acceptors (Lipinski definition) is 3. The third-order valence-electron chi connectivity index (χ3n) is 4.48. The molecule has 2 fully saturated rings. The predicted molar refractivity (Wildman–Crippen MR) is 88.0 cm³/mol. The van der Waals surface area contributed by atoms with Gasteiger partial charge in [0.1, 0.15) is 6.04 Å². The van der Waals surface area contributed by atoms with Crippen molar-refractivity contribution in [3.8, 4) is 0 Å². The van der Waals surface area contributed by atoms with Crippen molar-refractivity contribution in [1.29, 1.82) is 0 Å². The minimum absolute atomic E-state index is 0. The molecule has 0 spiro atoms. The van der Waals surface area contributed by atoms with Crippen molar-refractivity contribution in [2.45, 2.75) is 37.3 Å². The first-order valence-electron chi connectivity index (χ1n) is 7.45. The molecule has 3 rings (SSSR count). The minimum Gasteiger partial charge on any atom is -0.332 e. The summed E-state index contributed by atoms with van der Waals surface area (Å²) < 4.78 is 0. The van der Waals surface area contributed by atoms with Crippen molar-refractivity contribution in [3.05, 3.63) is 30.3 Å². The fourth-order valence-corrected chi connectivity index (χ4v) is 2.92. The van der Waals surface area contributed by atoms with Gasteiger partial charge in [-0.25, -0.2) is 0 Å². The zero-order chi connectivity index (χ0) is 15.0. The van der Waals surface area contributed by atoms with Gasteiger partial charge in [-0.15, -0.1) is 12.4 Å². The molecule has 120 valence electrons. The van der Waals surface area contributed by atoms with E-state index in [-0.39, 0.29) is 24.2 Å². The minimum atomic E-state index is -0.718. The maximum atomic E-state index is 12.7. The number of carbonyl (C=O) groups excluding carboxylic acids is 2. The zero-order valence-corrected chi connectivity index (χ0v) is 13.5. The lowest BCUT2D eigenvalue weighted by Gasteiger charge is -2.37. The van der Waals surface area contributed by atoms with Crippen molar-refractivity contribution < 1.29 is 9.59 Å². The molecule has 2 N–H and O–H groups in total. The number of piperidine rings is 1. The Balaban J connectivity index is 0.00000176. The molecule has 1 aliphatic heterocycles. The monoisotopic (exact) mass is 323 g/mol. The quantitative estimate of drug-likeness (QED) is 0.918. The van der Waals surface area contributed by atoms with Crippen LogP contribution in [-0.2, 0) is 9.59 Å². The van der Waals surface area contributed by atoms with Crippen molar-refractivity contribution in [2.24, 2.45) is 5.73 Å². The number of para-hydroxylation sites is 1. The van der Waals surface area contributed by atoms with E-state index in [1.54, 1.807) is 16.8 Å². The van der Waals surface area contributed by atoms with Gasteiger partial charge in [0, 0.05) is 19.3 Å². The van der Waals surface area contributed by atoms with Crippen molar-refractivity contribution in [2.75, 3.05) is 18.5 Å². The van der Waals surface area contributed by atoms with Gasteiger partial charge in [0.15, 0.2) is 0 Å². The molecule has 6 heteroatoms. The number of nitrogens with zero attached hydrogens (tertiary/aromatic N) is 2. The first-order chi connectivity index (χ1) is 10.0. The topological polar surface area (TPSA) is 66.6 Å². The Hall–Kier alpha value is -1.59. The summed E-state index contributed by atoms with van der Waals surface area (Å²) in [5.74, 6) is -0.108. The second-order valence-electron chi connectivity index (χ2n) is 6.06. The van der Waals surface area contributed by atoms with Gasteiger partial charge in [0.25, 0.3) is 0 Å². The first kappa shape index (κ1) is 16.8. The van der Waals surface area contributed by atoms with Crippen molar-refractivity contribution in [1.82, 2.24) is 4.90 Å². The molecular weight excluding hydrogens is 302 g/mol. The van der Waals surface area contributed by atoms with E-state index in [2.05, 4.69) is 0 Å². The Kier molecular flexibility index (Phi) is 4.78. The van der Waals surface area contributed by atoms with Crippen LogP contribution < -0.4 is 10.6 Å². The number of rotatable bonds is 3. The van der Waals surface area contributed by atoms with Crippen molar-refractivity contribution in [3.63, 3.8) is 0 Å². The van der Waals surface area contributed by atoms with Crippen LogP contribution in [0.4, 0.5) is 5.69 Å². The van der Waals surface area contributed by atoms with E-state index >= 15 is 0 Å². The molecular formula is C16H22ClN3O2. The highest BCUT2D eigenvalue weighted by atomic mass is 35.5. The average molecular weight is 324 g/mol. The Morgan fingerprint density at radius 2 is 1.95 bits per heavy atom. The second kappa shape index (κ2) is 6.26. The number of hydrogen-bond donors (Lipinski definition) is 1. The molecule has 1 atom stereocenters. The van der Waals surface area contributed by atoms with Gasteiger partial charge in [0.2, 0.25) is 11.8 Å². The average Bonchev–Trinajstić information content (AvgIpc) is 3.26. The number of benzene rings is 1. The standard InChI is InChI=1S/C16H21N3O2.ClH/c1-18(15(21)16(17)9-10-16)13-8-5-11-19(14(13)20)12-6-3-2-4-7-12;/h2-4,6-7,13H,5,8-11,17H2,1H3;1H. The molecule has 1 aromatic rings. The van der Waals surface area contributed by atoms with Crippen LogP contribution in [0.1, 0.15) is 25.7 Å². The first-order valence-corrected chi connectivity index (χ1v) is 7.45. The third-order valence-corrected chi connectivity index (χ3v) is 4.48. The number of amides is 2. The summed E-state index contributed by atoms with van der Waals surface area (Å²) in [5, 5.41) is 0. The van der Waals surface area contributed by atoms with Crippen LogP contribution in [0.15, 0.2) is 30.3 Å². The molecule has 22 heavy (non-hydrogen) atoms. The maximum Gasteiger partial charge on any atom is 0.249 e. The maximum absolute atomic E-state index is 12.7. The van der Waals surface area contributed by atoms with Gasteiger partial charge in [-0.3, -0.25) is 9.59 Å². The highest BCUT2D eigenvalue weighted by molar-refractivity contribution is 6.01. The largest absolute Gasteiger partial charge is 0.332 e. The van der Waals surface area contributed by atoms with E-state index < -0.39 is 11.6 Å².